The smallest absolute Gasteiger partial charge is 0.321 e. The number of thiazole rings is 1. The lowest BCUT2D eigenvalue weighted by molar-refractivity contribution is -0.143. The van der Waals surface area contributed by atoms with Crippen molar-refractivity contribution in [2.24, 2.45) is 5.92 Å². The molecule has 0 bridgehead atoms. The zero-order valence-corrected chi connectivity index (χ0v) is 19.7. The van der Waals surface area contributed by atoms with E-state index in [2.05, 4.69) is 15.6 Å². The number of aliphatic hydroxyl groups excluding tert-OH is 1. The number of nitrogens with zero attached hydrogens (tertiary/aromatic N) is 2. The van der Waals surface area contributed by atoms with Crippen LogP contribution in [0.3, 0.4) is 0 Å². The molecule has 8 nitrogen and oxygen atoms in total. The van der Waals surface area contributed by atoms with E-state index in [4.69, 9.17) is 0 Å². The Morgan fingerprint density at radius 3 is 2.64 bits per heavy atom. The Morgan fingerprint density at radius 1 is 1.30 bits per heavy atom. The molecule has 0 saturated carbocycles. The number of aliphatic hydroxyl groups is 1. The highest BCUT2D eigenvalue weighted by atomic mass is 32.1. The third-order valence-electron chi connectivity index (χ3n) is 5.69. The second-order valence-electron chi connectivity index (χ2n) is 8.44. The Kier molecular flexibility index (Phi) is 8.15. The number of anilines is 1. The van der Waals surface area contributed by atoms with Crippen molar-refractivity contribution in [3.05, 3.63) is 46.2 Å². The van der Waals surface area contributed by atoms with Crippen LogP contribution in [-0.4, -0.2) is 57.9 Å². The summed E-state index contributed by atoms with van der Waals surface area (Å²) in [6, 6.07) is 4.90. The fourth-order valence-electron chi connectivity index (χ4n) is 3.98. The zero-order valence-electron chi connectivity index (χ0n) is 18.9. The Labute approximate surface area is 196 Å². The predicted octanol–water partition coefficient (Wildman–Crippen LogP) is 3.15. The van der Waals surface area contributed by atoms with Crippen molar-refractivity contribution in [3.63, 3.8) is 0 Å². The number of urea groups is 1. The van der Waals surface area contributed by atoms with Crippen LogP contribution in [0.5, 0.6) is 0 Å². The number of benzene rings is 1. The van der Waals surface area contributed by atoms with Crippen LogP contribution in [0.25, 0.3) is 0 Å². The average molecular weight is 477 g/mol. The third-order valence-corrected chi connectivity index (χ3v) is 6.86. The summed E-state index contributed by atoms with van der Waals surface area (Å²) in [5.74, 6) is -0.629. The quantitative estimate of drug-likeness (QED) is 0.532. The number of hydrogen-bond donors (Lipinski definition) is 3. The molecule has 1 aromatic carbocycles. The van der Waals surface area contributed by atoms with E-state index in [9.17, 15) is 23.9 Å². The van der Waals surface area contributed by atoms with Crippen LogP contribution < -0.4 is 10.6 Å². The number of Topliss-reactive ketones (excluding diaryl/α,β-unsaturated/α-hetero) is 1. The molecule has 1 saturated heterocycles. The van der Waals surface area contributed by atoms with E-state index in [1.54, 1.807) is 30.9 Å². The van der Waals surface area contributed by atoms with Crippen LogP contribution in [0.15, 0.2) is 24.3 Å². The van der Waals surface area contributed by atoms with E-state index in [1.807, 2.05) is 0 Å². The molecular weight excluding hydrogens is 447 g/mol. The lowest BCUT2D eigenvalue weighted by atomic mass is 9.91. The van der Waals surface area contributed by atoms with Gasteiger partial charge in [-0.3, -0.25) is 14.9 Å². The number of aryl methyl sites for hydroxylation is 1. The third kappa shape index (κ3) is 6.58. The summed E-state index contributed by atoms with van der Waals surface area (Å²) in [5, 5.41) is 15.9. The van der Waals surface area contributed by atoms with Crippen molar-refractivity contribution in [2.75, 3.05) is 18.4 Å². The molecule has 2 heterocycles. The number of carbonyl (C=O) groups is 3. The number of nitrogens with one attached hydrogen (secondary N) is 2. The predicted molar refractivity (Wildman–Crippen MR) is 124 cm³/mol. The molecule has 3 rings (SSSR count). The fourth-order valence-corrected chi connectivity index (χ4v) is 4.84. The number of halogens is 1. The zero-order chi connectivity index (χ0) is 24.1. The van der Waals surface area contributed by atoms with Gasteiger partial charge in [-0.2, -0.15) is 0 Å². The van der Waals surface area contributed by atoms with E-state index in [0.29, 0.717) is 23.7 Å². The number of hydrogen-bond acceptors (Lipinski definition) is 6. The SMILES string of the molecule is CC(=O)c1sc(NC(=O)NC(C)C(O)C(=O)N2CCCC(Cc3ccc(F)cc3)C2)nc1C. The van der Waals surface area contributed by atoms with Gasteiger partial charge in [0.2, 0.25) is 0 Å². The maximum absolute atomic E-state index is 13.1. The summed E-state index contributed by atoms with van der Waals surface area (Å²) in [7, 11) is 0. The van der Waals surface area contributed by atoms with Crippen molar-refractivity contribution in [2.45, 2.75) is 52.2 Å². The van der Waals surface area contributed by atoms with Crippen LogP contribution >= 0.6 is 11.3 Å². The molecule has 33 heavy (non-hydrogen) atoms. The van der Waals surface area contributed by atoms with Gasteiger partial charge in [-0.1, -0.05) is 23.5 Å². The first kappa shape index (κ1) is 24.8. The molecule has 3 N–H and O–H groups in total. The van der Waals surface area contributed by atoms with Gasteiger partial charge in [-0.25, -0.2) is 14.2 Å². The highest BCUT2D eigenvalue weighted by Gasteiger charge is 2.31. The number of aromatic nitrogens is 1. The van der Waals surface area contributed by atoms with E-state index in [1.165, 1.54) is 19.1 Å². The molecule has 1 aliphatic heterocycles. The number of rotatable bonds is 7. The first-order chi connectivity index (χ1) is 15.6. The van der Waals surface area contributed by atoms with E-state index in [-0.39, 0.29) is 22.6 Å². The molecule has 0 spiro atoms. The number of piperidine rings is 1. The van der Waals surface area contributed by atoms with Gasteiger partial charge in [0.1, 0.15) is 5.82 Å². The number of amides is 3. The summed E-state index contributed by atoms with van der Waals surface area (Å²) in [6.45, 7) is 5.71. The van der Waals surface area contributed by atoms with E-state index >= 15 is 0 Å². The van der Waals surface area contributed by atoms with Crippen LogP contribution in [-0.2, 0) is 11.2 Å². The molecule has 3 atom stereocenters. The summed E-state index contributed by atoms with van der Waals surface area (Å²) in [5.41, 5.74) is 1.54. The minimum atomic E-state index is -1.40. The lowest BCUT2D eigenvalue weighted by Gasteiger charge is -2.35. The monoisotopic (exact) mass is 476 g/mol. The van der Waals surface area contributed by atoms with Crippen molar-refractivity contribution in [1.82, 2.24) is 15.2 Å². The lowest BCUT2D eigenvalue weighted by Crippen LogP contribution is -2.53. The van der Waals surface area contributed by atoms with E-state index < -0.39 is 24.1 Å². The molecule has 1 aliphatic rings. The van der Waals surface area contributed by atoms with Gasteiger partial charge < -0.3 is 15.3 Å². The van der Waals surface area contributed by atoms with Crippen molar-refractivity contribution >= 4 is 34.2 Å². The Bertz CT molecular complexity index is 1010. The normalized spacial score (nSPS) is 17.8. The molecule has 0 aliphatic carbocycles. The molecular formula is C23H29FN4O4S. The second kappa shape index (κ2) is 10.8. The first-order valence-corrected chi connectivity index (χ1v) is 11.7. The van der Waals surface area contributed by atoms with Gasteiger partial charge in [0.05, 0.1) is 16.6 Å². The average Bonchev–Trinajstić information content (AvgIpc) is 3.14. The van der Waals surface area contributed by atoms with E-state index in [0.717, 1.165) is 36.2 Å². The Hall–Kier alpha value is -2.85. The number of carbonyl (C=O) groups excluding carboxylic acids is 3. The second-order valence-corrected chi connectivity index (χ2v) is 9.44. The maximum Gasteiger partial charge on any atom is 0.321 e. The summed E-state index contributed by atoms with van der Waals surface area (Å²) < 4.78 is 13.1. The molecule has 1 fully saturated rings. The number of likely N-dealkylation sites (tertiary alicyclic amines) is 1. The van der Waals surface area contributed by atoms with Crippen molar-refractivity contribution in [3.8, 4) is 0 Å². The van der Waals surface area contributed by atoms with Crippen molar-refractivity contribution < 1.29 is 23.9 Å². The highest BCUT2D eigenvalue weighted by molar-refractivity contribution is 7.17. The number of ketones is 1. The van der Waals surface area contributed by atoms with Crippen LogP contribution in [0.1, 0.15) is 47.6 Å². The van der Waals surface area contributed by atoms with Gasteiger partial charge in [0, 0.05) is 20.0 Å². The van der Waals surface area contributed by atoms with Crippen molar-refractivity contribution in [1.29, 1.82) is 0 Å². The van der Waals surface area contributed by atoms with Gasteiger partial charge in [-0.15, -0.1) is 0 Å². The maximum atomic E-state index is 13.1. The molecule has 3 unspecified atom stereocenters. The standard InChI is InChI=1S/C23H29FN4O4S/c1-13(25-22(32)27-23-26-14(2)20(33-23)15(3)29)19(30)21(31)28-10-4-5-17(12-28)11-16-6-8-18(24)9-7-16/h6-9,13,17,19,30H,4-5,10-12H2,1-3H3,(H2,25,26,27,32). The summed E-state index contributed by atoms with van der Waals surface area (Å²) in [4.78, 5) is 42.9. The largest absolute Gasteiger partial charge is 0.381 e. The van der Waals surface area contributed by atoms with Gasteiger partial charge in [0.15, 0.2) is 17.0 Å². The molecule has 1 aromatic heterocycles. The molecule has 178 valence electrons. The summed E-state index contributed by atoms with van der Waals surface area (Å²) in [6.07, 6.45) is 1.09. The first-order valence-electron chi connectivity index (χ1n) is 10.9. The summed E-state index contributed by atoms with van der Waals surface area (Å²) >= 11 is 1.07. The fraction of sp³-hybridized carbons (Fsp3) is 0.478. The Morgan fingerprint density at radius 2 is 2.00 bits per heavy atom. The highest BCUT2D eigenvalue weighted by Crippen LogP contribution is 2.23. The minimum Gasteiger partial charge on any atom is -0.381 e. The van der Waals surface area contributed by atoms with Crippen LogP contribution in [0.4, 0.5) is 14.3 Å². The van der Waals surface area contributed by atoms with Crippen LogP contribution in [0.2, 0.25) is 0 Å². The molecule has 0 radical (unpaired) electrons. The molecule has 2 aromatic rings. The van der Waals surface area contributed by atoms with Gasteiger partial charge in [-0.05, 0) is 56.7 Å². The van der Waals surface area contributed by atoms with Crippen LogP contribution in [0, 0.1) is 18.7 Å². The topological polar surface area (TPSA) is 112 Å². The molecule has 3 amide bonds. The Balaban J connectivity index is 1.52. The van der Waals surface area contributed by atoms with Gasteiger partial charge in [0.25, 0.3) is 5.91 Å². The minimum absolute atomic E-state index is 0.132. The molecule has 10 heteroatoms. The van der Waals surface area contributed by atoms with Gasteiger partial charge >= 0.3 is 6.03 Å².